The van der Waals surface area contributed by atoms with E-state index in [1.807, 2.05) is 30.3 Å². The van der Waals surface area contributed by atoms with Crippen LogP contribution in [-0.2, 0) is 6.54 Å². The fourth-order valence-corrected chi connectivity index (χ4v) is 2.88. The normalized spacial score (nSPS) is 12.6. The van der Waals surface area contributed by atoms with Gasteiger partial charge in [0, 0.05) is 31.8 Å². The Labute approximate surface area is 160 Å². The molecular formula is C19H18N4O5. The molecule has 0 spiro atoms. The first-order chi connectivity index (χ1) is 13.5. The molecule has 2 aromatic carbocycles. The standard InChI is InChI=1S/C19H18N4O5/c24-17-15-8-7-14(23(27)28)11-16(15)18(25)22(17)10-4-9-20-19(26)21-12-13-5-2-1-3-6-13/h1-3,5-8,11H,4,9-10,12H2,(H2,20,21,26). The summed E-state index contributed by atoms with van der Waals surface area (Å²) in [6.45, 7) is 0.775. The number of hydrogen-bond acceptors (Lipinski definition) is 5. The van der Waals surface area contributed by atoms with Crippen LogP contribution in [0.2, 0.25) is 0 Å². The second-order valence-electron chi connectivity index (χ2n) is 6.20. The number of hydrogen-bond donors (Lipinski definition) is 2. The second kappa shape index (κ2) is 8.30. The summed E-state index contributed by atoms with van der Waals surface area (Å²) in [4.78, 5) is 47.7. The number of urea groups is 1. The molecule has 0 fully saturated rings. The molecule has 2 aromatic rings. The lowest BCUT2D eigenvalue weighted by atomic mass is 10.1. The third kappa shape index (κ3) is 4.14. The van der Waals surface area contributed by atoms with Gasteiger partial charge in [-0.15, -0.1) is 0 Å². The minimum atomic E-state index is -0.612. The number of non-ortho nitro benzene ring substituents is 1. The molecule has 0 atom stereocenters. The first-order valence-corrected chi connectivity index (χ1v) is 8.67. The molecule has 9 nitrogen and oxygen atoms in total. The fraction of sp³-hybridized carbons (Fsp3) is 0.211. The van der Waals surface area contributed by atoms with E-state index in [2.05, 4.69) is 10.6 Å². The van der Waals surface area contributed by atoms with Crippen LogP contribution >= 0.6 is 0 Å². The molecule has 0 saturated heterocycles. The van der Waals surface area contributed by atoms with Crippen molar-refractivity contribution < 1.29 is 19.3 Å². The molecule has 144 valence electrons. The smallest absolute Gasteiger partial charge is 0.315 e. The van der Waals surface area contributed by atoms with Gasteiger partial charge in [-0.05, 0) is 18.1 Å². The summed E-state index contributed by atoms with van der Waals surface area (Å²) in [5.74, 6) is -1.04. The Morgan fingerprint density at radius 2 is 1.71 bits per heavy atom. The molecule has 1 heterocycles. The zero-order valence-electron chi connectivity index (χ0n) is 14.9. The molecule has 0 aliphatic carbocycles. The van der Waals surface area contributed by atoms with Crippen molar-refractivity contribution in [3.63, 3.8) is 0 Å². The number of benzene rings is 2. The molecule has 0 saturated carbocycles. The van der Waals surface area contributed by atoms with Crippen LogP contribution in [0, 0.1) is 10.1 Å². The molecule has 3 rings (SSSR count). The van der Waals surface area contributed by atoms with Gasteiger partial charge in [0.1, 0.15) is 0 Å². The van der Waals surface area contributed by atoms with Crippen molar-refractivity contribution in [3.05, 3.63) is 75.3 Å². The van der Waals surface area contributed by atoms with E-state index in [0.29, 0.717) is 13.0 Å². The summed E-state index contributed by atoms with van der Waals surface area (Å²) in [6, 6.07) is 12.7. The fourth-order valence-electron chi connectivity index (χ4n) is 2.88. The number of amides is 4. The highest BCUT2D eigenvalue weighted by molar-refractivity contribution is 6.21. The minimum absolute atomic E-state index is 0.0350. The number of carbonyl (C=O) groups excluding carboxylic acids is 3. The predicted molar refractivity (Wildman–Crippen MR) is 99.8 cm³/mol. The molecule has 1 aliphatic heterocycles. The summed E-state index contributed by atoms with van der Waals surface area (Å²) in [5.41, 5.74) is 0.924. The van der Waals surface area contributed by atoms with Crippen molar-refractivity contribution in [2.45, 2.75) is 13.0 Å². The highest BCUT2D eigenvalue weighted by Gasteiger charge is 2.36. The molecule has 2 N–H and O–H groups in total. The number of imide groups is 1. The van der Waals surface area contributed by atoms with Crippen molar-refractivity contribution in [1.82, 2.24) is 15.5 Å². The monoisotopic (exact) mass is 382 g/mol. The maximum atomic E-state index is 12.4. The summed E-state index contributed by atoms with van der Waals surface area (Å²) < 4.78 is 0. The number of nitro groups is 1. The average Bonchev–Trinajstić information content (AvgIpc) is 2.94. The number of rotatable bonds is 7. The van der Waals surface area contributed by atoms with Crippen LogP contribution in [0.15, 0.2) is 48.5 Å². The molecule has 0 bridgehead atoms. The minimum Gasteiger partial charge on any atom is -0.338 e. The lowest BCUT2D eigenvalue weighted by Crippen LogP contribution is -2.37. The quantitative estimate of drug-likeness (QED) is 0.329. The molecule has 9 heteroatoms. The van der Waals surface area contributed by atoms with E-state index >= 15 is 0 Å². The van der Waals surface area contributed by atoms with Gasteiger partial charge < -0.3 is 10.6 Å². The van der Waals surface area contributed by atoms with Gasteiger partial charge in [0.2, 0.25) is 0 Å². The van der Waals surface area contributed by atoms with Gasteiger partial charge in [0.15, 0.2) is 0 Å². The van der Waals surface area contributed by atoms with Crippen molar-refractivity contribution in [1.29, 1.82) is 0 Å². The van der Waals surface area contributed by atoms with Crippen LogP contribution in [0.3, 0.4) is 0 Å². The van der Waals surface area contributed by atoms with Crippen molar-refractivity contribution in [3.8, 4) is 0 Å². The number of nitro benzene ring substituents is 1. The summed E-state index contributed by atoms with van der Waals surface area (Å²) >= 11 is 0. The van der Waals surface area contributed by atoms with Gasteiger partial charge >= 0.3 is 6.03 Å². The lowest BCUT2D eigenvalue weighted by Gasteiger charge is -2.14. The Morgan fingerprint density at radius 1 is 1.00 bits per heavy atom. The van der Waals surface area contributed by atoms with Gasteiger partial charge in [-0.25, -0.2) is 4.79 Å². The van der Waals surface area contributed by atoms with Gasteiger partial charge in [-0.1, -0.05) is 30.3 Å². The Kier molecular flexibility index (Phi) is 5.64. The third-order valence-corrected chi connectivity index (χ3v) is 4.31. The number of fused-ring (bicyclic) bond motifs is 1. The Balaban J connectivity index is 1.46. The van der Waals surface area contributed by atoms with Gasteiger partial charge in [-0.2, -0.15) is 0 Å². The predicted octanol–water partition coefficient (Wildman–Crippen LogP) is 2.08. The molecule has 0 radical (unpaired) electrons. The first kappa shape index (κ1) is 19.0. The molecule has 0 aromatic heterocycles. The van der Waals surface area contributed by atoms with E-state index in [1.165, 1.54) is 12.1 Å². The average molecular weight is 382 g/mol. The summed E-state index contributed by atoms with van der Waals surface area (Å²) in [7, 11) is 0. The van der Waals surface area contributed by atoms with E-state index in [4.69, 9.17) is 0 Å². The number of carbonyl (C=O) groups is 3. The lowest BCUT2D eigenvalue weighted by molar-refractivity contribution is -0.384. The van der Waals surface area contributed by atoms with Crippen LogP contribution < -0.4 is 10.6 Å². The topological polar surface area (TPSA) is 122 Å². The van der Waals surface area contributed by atoms with Crippen molar-refractivity contribution in [2.75, 3.05) is 13.1 Å². The molecule has 28 heavy (non-hydrogen) atoms. The van der Waals surface area contributed by atoms with Crippen molar-refractivity contribution in [2.24, 2.45) is 0 Å². The molecule has 4 amide bonds. The van der Waals surface area contributed by atoms with Gasteiger partial charge in [0.25, 0.3) is 17.5 Å². The van der Waals surface area contributed by atoms with Crippen LogP contribution in [0.4, 0.5) is 10.5 Å². The van der Waals surface area contributed by atoms with Crippen LogP contribution in [0.1, 0.15) is 32.7 Å². The number of nitrogens with zero attached hydrogens (tertiary/aromatic N) is 2. The zero-order chi connectivity index (χ0) is 20.1. The first-order valence-electron chi connectivity index (χ1n) is 8.67. The maximum Gasteiger partial charge on any atom is 0.315 e. The maximum absolute atomic E-state index is 12.4. The van der Waals surface area contributed by atoms with Crippen LogP contribution in [-0.4, -0.2) is 40.8 Å². The largest absolute Gasteiger partial charge is 0.338 e. The highest BCUT2D eigenvalue weighted by atomic mass is 16.6. The van der Waals surface area contributed by atoms with Gasteiger partial charge in [-0.3, -0.25) is 24.6 Å². The Bertz CT molecular complexity index is 929. The van der Waals surface area contributed by atoms with E-state index in [9.17, 15) is 24.5 Å². The molecule has 0 unspecified atom stereocenters. The van der Waals surface area contributed by atoms with Crippen LogP contribution in [0.25, 0.3) is 0 Å². The van der Waals surface area contributed by atoms with E-state index < -0.39 is 16.7 Å². The van der Waals surface area contributed by atoms with Crippen molar-refractivity contribution >= 4 is 23.5 Å². The summed E-state index contributed by atoms with van der Waals surface area (Å²) in [6.07, 6.45) is 0.367. The van der Waals surface area contributed by atoms with E-state index in [0.717, 1.165) is 16.5 Å². The second-order valence-corrected chi connectivity index (χ2v) is 6.20. The summed E-state index contributed by atoms with van der Waals surface area (Å²) in [5, 5.41) is 16.2. The zero-order valence-corrected chi connectivity index (χ0v) is 14.9. The van der Waals surface area contributed by atoms with Gasteiger partial charge in [0.05, 0.1) is 16.1 Å². The highest BCUT2D eigenvalue weighted by Crippen LogP contribution is 2.26. The SMILES string of the molecule is O=C(NCCCN1C(=O)c2ccc([N+](=O)[O-])cc2C1=O)NCc1ccccc1. The Morgan fingerprint density at radius 3 is 2.43 bits per heavy atom. The van der Waals surface area contributed by atoms with Crippen LogP contribution in [0.5, 0.6) is 0 Å². The van der Waals surface area contributed by atoms with E-state index in [1.54, 1.807) is 0 Å². The van der Waals surface area contributed by atoms with E-state index in [-0.39, 0.29) is 35.9 Å². The number of nitrogens with one attached hydrogen (secondary N) is 2. The molecule has 1 aliphatic rings. The third-order valence-electron chi connectivity index (χ3n) is 4.31. The molecular weight excluding hydrogens is 364 g/mol. The Hall–Kier alpha value is -3.75.